The maximum Gasteiger partial charge on any atom is 0.266 e. The summed E-state index contributed by atoms with van der Waals surface area (Å²) in [7, 11) is 0. The molecule has 1 aliphatic rings. The average Bonchev–Trinajstić information content (AvgIpc) is 3.73. The van der Waals surface area contributed by atoms with Crippen LogP contribution in [0.5, 0.6) is 0 Å². The summed E-state index contributed by atoms with van der Waals surface area (Å²) >= 11 is 0. The molecule has 0 saturated carbocycles. The quantitative estimate of drug-likeness (QED) is 0.189. The van der Waals surface area contributed by atoms with E-state index in [2.05, 4.69) is 51.6 Å². The minimum absolute atomic E-state index is 0.327. The minimum atomic E-state index is -0.414. The second-order valence-corrected chi connectivity index (χ2v) is 11.6. The van der Waals surface area contributed by atoms with Gasteiger partial charge >= 0.3 is 0 Å². The summed E-state index contributed by atoms with van der Waals surface area (Å²) in [6.07, 6.45) is 0. The van der Waals surface area contributed by atoms with Gasteiger partial charge in [-0.15, -0.1) is 0 Å². The molecule has 0 radical (unpaired) electrons. The van der Waals surface area contributed by atoms with Crippen LogP contribution in [0.15, 0.2) is 127 Å². The van der Waals surface area contributed by atoms with Crippen LogP contribution in [0.2, 0.25) is 0 Å². The highest BCUT2D eigenvalue weighted by atomic mass is 16.2. The molecule has 0 aliphatic carbocycles. The zero-order valence-electron chi connectivity index (χ0n) is 24.7. The molecule has 0 bridgehead atoms. The van der Waals surface area contributed by atoms with Crippen molar-refractivity contribution in [3.8, 4) is 23.5 Å². The number of nitriles is 2. The van der Waals surface area contributed by atoms with Gasteiger partial charge in [-0.2, -0.15) is 10.5 Å². The van der Waals surface area contributed by atoms with E-state index in [4.69, 9.17) is 0 Å². The minimum Gasteiger partial charge on any atom is -0.309 e. The Labute approximate surface area is 267 Å². The molecule has 7 nitrogen and oxygen atoms in total. The van der Waals surface area contributed by atoms with Crippen molar-refractivity contribution < 1.29 is 9.59 Å². The number of hydrogen-bond donors (Lipinski definition) is 0. The summed E-state index contributed by atoms with van der Waals surface area (Å²) in [5.41, 5.74) is 7.39. The second-order valence-electron chi connectivity index (χ2n) is 11.6. The normalized spacial score (nSPS) is 12.7. The number of carbonyl (C=O) groups is 2. The van der Waals surface area contributed by atoms with Crippen LogP contribution in [-0.2, 0) is 0 Å². The van der Waals surface area contributed by atoms with E-state index in [1.807, 2.05) is 54.6 Å². The van der Waals surface area contributed by atoms with Crippen molar-refractivity contribution >= 4 is 61.1 Å². The van der Waals surface area contributed by atoms with Crippen LogP contribution < -0.4 is 4.90 Å². The maximum absolute atomic E-state index is 13.5. The van der Waals surface area contributed by atoms with Gasteiger partial charge in [-0.25, -0.2) is 4.90 Å². The van der Waals surface area contributed by atoms with Gasteiger partial charge in [0.25, 0.3) is 11.8 Å². The number of aromatic nitrogens is 2. The zero-order valence-corrected chi connectivity index (χ0v) is 24.7. The van der Waals surface area contributed by atoms with E-state index >= 15 is 0 Å². The number of hydrogen-bond acceptors (Lipinski definition) is 4. The van der Waals surface area contributed by atoms with Crippen LogP contribution in [0.4, 0.5) is 5.69 Å². The number of imide groups is 1. The van der Waals surface area contributed by atoms with Gasteiger partial charge in [0.1, 0.15) is 0 Å². The third kappa shape index (κ3) is 3.66. The molecule has 7 heteroatoms. The molecule has 6 aromatic carbocycles. The number of benzene rings is 6. The van der Waals surface area contributed by atoms with Gasteiger partial charge in [0.15, 0.2) is 0 Å². The molecular formula is C40H21N5O2. The number of rotatable bonds is 3. The van der Waals surface area contributed by atoms with Gasteiger partial charge in [-0.3, -0.25) is 9.59 Å². The van der Waals surface area contributed by atoms with Gasteiger partial charge in [0, 0.05) is 32.9 Å². The van der Waals surface area contributed by atoms with Crippen LogP contribution in [0.25, 0.3) is 55.0 Å². The third-order valence-corrected chi connectivity index (χ3v) is 9.07. The lowest BCUT2D eigenvalue weighted by molar-refractivity contribution is 0.0926. The van der Waals surface area contributed by atoms with Crippen molar-refractivity contribution in [2.75, 3.05) is 4.90 Å². The average molecular weight is 604 g/mol. The molecule has 9 rings (SSSR count). The molecule has 0 unspecified atom stereocenters. The predicted octanol–water partition coefficient (Wildman–Crippen LogP) is 8.42. The fourth-order valence-corrected chi connectivity index (χ4v) is 7.08. The van der Waals surface area contributed by atoms with Crippen LogP contribution in [-0.4, -0.2) is 20.9 Å². The molecule has 1 aliphatic heterocycles. The van der Waals surface area contributed by atoms with Crippen molar-refractivity contribution in [2.24, 2.45) is 0 Å². The Hall–Kier alpha value is -6.96. The molecular weight excluding hydrogens is 582 g/mol. The first-order valence-corrected chi connectivity index (χ1v) is 15.1. The number of nitrogens with zero attached hydrogens (tertiary/aromatic N) is 5. The van der Waals surface area contributed by atoms with E-state index in [1.165, 1.54) is 0 Å². The van der Waals surface area contributed by atoms with Gasteiger partial charge in [-0.1, -0.05) is 54.6 Å². The van der Waals surface area contributed by atoms with Crippen LogP contribution in [0.3, 0.4) is 0 Å². The van der Waals surface area contributed by atoms with E-state index in [0.29, 0.717) is 33.6 Å². The number of para-hydroxylation sites is 2. The van der Waals surface area contributed by atoms with Crippen molar-refractivity contribution in [3.05, 3.63) is 150 Å². The summed E-state index contributed by atoms with van der Waals surface area (Å²) in [5.74, 6) is -0.829. The van der Waals surface area contributed by atoms with E-state index in [-0.39, 0.29) is 0 Å². The molecule has 0 spiro atoms. The Kier molecular flexibility index (Phi) is 5.50. The molecule has 47 heavy (non-hydrogen) atoms. The van der Waals surface area contributed by atoms with Crippen molar-refractivity contribution in [2.45, 2.75) is 0 Å². The standard InChI is InChI=1S/C40H21N5O2/c41-22-24-13-15-26(16-14-24)44-34-11-5-3-7-29(34)30-17-18-36-37(38(30)44)33-10-4-6-12-35(33)43(36)27-19-25(23-42)20-28(21-27)45-39(46)31-8-1-2-9-32(31)40(45)47/h1-21H. The van der Waals surface area contributed by atoms with E-state index in [1.54, 1.807) is 42.5 Å². The number of amides is 2. The molecule has 2 aromatic heterocycles. The lowest BCUT2D eigenvalue weighted by Crippen LogP contribution is -2.29. The zero-order chi connectivity index (χ0) is 31.8. The molecule has 3 heterocycles. The van der Waals surface area contributed by atoms with Gasteiger partial charge in [0.05, 0.1) is 62.1 Å². The van der Waals surface area contributed by atoms with E-state index in [0.717, 1.165) is 54.2 Å². The summed E-state index contributed by atoms with van der Waals surface area (Å²) in [4.78, 5) is 28.1. The Morgan fingerprint density at radius 3 is 1.74 bits per heavy atom. The van der Waals surface area contributed by atoms with Gasteiger partial charge in [-0.05, 0) is 72.8 Å². The summed E-state index contributed by atoms with van der Waals surface area (Å²) in [6, 6.07) is 44.6. The smallest absolute Gasteiger partial charge is 0.266 e. The maximum atomic E-state index is 13.5. The molecule has 0 saturated heterocycles. The van der Waals surface area contributed by atoms with E-state index in [9.17, 15) is 20.1 Å². The Morgan fingerprint density at radius 1 is 0.468 bits per heavy atom. The van der Waals surface area contributed by atoms with Crippen molar-refractivity contribution in [1.29, 1.82) is 10.5 Å². The van der Waals surface area contributed by atoms with Gasteiger partial charge < -0.3 is 9.13 Å². The predicted molar refractivity (Wildman–Crippen MR) is 182 cm³/mol. The molecule has 218 valence electrons. The fourth-order valence-electron chi connectivity index (χ4n) is 7.08. The van der Waals surface area contributed by atoms with Crippen molar-refractivity contribution in [1.82, 2.24) is 9.13 Å². The largest absolute Gasteiger partial charge is 0.309 e. The molecule has 2 amide bonds. The molecule has 0 fully saturated rings. The summed E-state index contributed by atoms with van der Waals surface area (Å²) < 4.78 is 4.33. The summed E-state index contributed by atoms with van der Waals surface area (Å²) in [5, 5.41) is 23.8. The first-order chi connectivity index (χ1) is 23.1. The molecule has 0 atom stereocenters. The second kappa shape index (κ2) is 9.77. The topological polar surface area (TPSA) is 94.8 Å². The first kappa shape index (κ1) is 26.4. The Bertz CT molecular complexity index is 2720. The lowest BCUT2D eigenvalue weighted by Gasteiger charge is -2.17. The lowest BCUT2D eigenvalue weighted by atomic mass is 10.1. The highest BCUT2D eigenvalue weighted by molar-refractivity contribution is 6.34. The number of fused-ring (bicyclic) bond motifs is 8. The van der Waals surface area contributed by atoms with Crippen molar-refractivity contribution in [3.63, 3.8) is 0 Å². The Balaban J connectivity index is 1.36. The number of anilines is 1. The first-order valence-electron chi connectivity index (χ1n) is 15.1. The molecule has 0 N–H and O–H groups in total. The fraction of sp³-hybridized carbons (Fsp3) is 0. The van der Waals surface area contributed by atoms with Crippen LogP contribution in [0.1, 0.15) is 31.8 Å². The van der Waals surface area contributed by atoms with Gasteiger partial charge in [0.2, 0.25) is 0 Å². The Morgan fingerprint density at radius 2 is 1.06 bits per heavy atom. The highest BCUT2D eigenvalue weighted by Gasteiger charge is 2.36. The number of carbonyl (C=O) groups excluding carboxylic acids is 2. The highest BCUT2D eigenvalue weighted by Crippen LogP contribution is 2.42. The third-order valence-electron chi connectivity index (χ3n) is 9.07. The monoisotopic (exact) mass is 603 g/mol. The van der Waals surface area contributed by atoms with Crippen LogP contribution in [0, 0.1) is 22.7 Å². The van der Waals surface area contributed by atoms with E-state index < -0.39 is 11.8 Å². The molecule has 8 aromatic rings. The van der Waals surface area contributed by atoms with Crippen LogP contribution >= 0.6 is 0 Å². The SMILES string of the molecule is N#Cc1ccc(-n2c3ccccc3c3ccc4c(c5ccccc5n4-c4cc(C#N)cc(N5C(=O)c6ccccc6C5=O)c4)c32)cc1. The summed E-state index contributed by atoms with van der Waals surface area (Å²) in [6.45, 7) is 0.